The highest BCUT2D eigenvalue weighted by molar-refractivity contribution is 6.30. The van der Waals surface area contributed by atoms with Crippen LogP contribution in [0.25, 0.3) is 5.82 Å². The zero-order chi connectivity index (χ0) is 13.1. The Labute approximate surface area is 114 Å². The number of hydrogen-bond donors (Lipinski definition) is 0. The lowest BCUT2D eigenvalue weighted by molar-refractivity contribution is 0.454. The molecular formula is C13H9ClN4O. The van der Waals surface area contributed by atoms with Gasteiger partial charge in [-0.05, 0) is 30.3 Å². The van der Waals surface area contributed by atoms with Crippen molar-refractivity contribution in [1.82, 2.24) is 20.0 Å². The Hall–Kier alpha value is -2.40. The summed E-state index contributed by atoms with van der Waals surface area (Å²) in [6, 6.07) is 12.4. The average molecular weight is 273 g/mol. The summed E-state index contributed by atoms with van der Waals surface area (Å²) in [5.41, 5.74) is 0. The van der Waals surface area contributed by atoms with Crippen molar-refractivity contribution in [3.63, 3.8) is 0 Å². The molecular weight excluding hydrogens is 264 g/mol. The molecule has 0 spiro atoms. The van der Waals surface area contributed by atoms with Crippen LogP contribution in [0.15, 0.2) is 54.9 Å². The molecule has 0 aliphatic rings. The molecule has 1 aromatic carbocycles. The zero-order valence-electron chi connectivity index (χ0n) is 9.77. The predicted octanol–water partition coefficient (Wildman–Crippen LogP) is 3.11. The van der Waals surface area contributed by atoms with Crippen LogP contribution in [0.1, 0.15) is 0 Å². The fraction of sp³-hybridized carbons (Fsp3) is 0. The maximum absolute atomic E-state index is 5.88. The first-order valence-electron chi connectivity index (χ1n) is 5.58. The van der Waals surface area contributed by atoms with Crippen molar-refractivity contribution in [3.05, 3.63) is 59.9 Å². The van der Waals surface area contributed by atoms with E-state index in [0.29, 0.717) is 22.5 Å². The van der Waals surface area contributed by atoms with Gasteiger partial charge in [-0.25, -0.2) is 4.68 Å². The van der Waals surface area contributed by atoms with Crippen LogP contribution in [-0.4, -0.2) is 20.0 Å². The van der Waals surface area contributed by atoms with E-state index in [1.165, 1.54) is 0 Å². The van der Waals surface area contributed by atoms with Crippen molar-refractivity contribution in [2.24, 2.45) is 0 Å². The Kier molecular flexibility index (Phi) is 3.12. The van der Waals surface area contributed by atoms with Gasteiger partial charge in [-0.15, -0.1) is 10.2 Å². The van der Waals surface area contributed by atoms with Gasteiger partial charge in [-0.1, -0.05) is 17.7 Å². The standard InChI is InChI=1S/C13H9ClN4O/c14-10-3-1-4-11(9-10)19-13-6-5-12(16-17-13)18-8-2-7-15-18/h1-9H. The molecule has 6 heteroatoms. The van der Waals surface area contributed by atoms with E-state index in [9.17, 15) is 0 Å². The molecule has 5 nitrogen and oxygen atoms in total. The van der Waals surface area contributed by atoms with Crippen LogP contribution in [0.3, 0.4) is 0 Å². The van der Waals surface area contributed by atoms with E-state index in [2.05, 4.69) is 15.3 Å². The first-order valence-corrected chi connectivity index (χ1v) is 5.96. The second-order valence-corrected chi connectivity index (χ2v) is 4.18. The second kappa shape index (κ2) is 5.07. The van der Waals surface area contributed by atoms with E-state index in [4.69, 9.17) is 16.3 Å². The smallest absolute Gasteiger partial charge is 0.238 e. The molecule has 0 saturated heterocycles. The monoisotopic (exact) mass is 272 g/mol. The van der Waals surface area contributed by atoms with Gasteiger partial charge in [0.25, 0.3) is 0 Å². The molecule has 0 fully saturated rings. The molecule has 94 valence electrons. The van der Waals surface area contributed by atoms with Crippen molar-refractivity contribution in [2.75, 3.05) is 0 Å². The average Bonchev–Trinajstić information content (AvgIpc) is 2.94. The summed E-state index contributed by atoms with van der Waals surface area (Å²) < 4.78 is 7.16. The normalized spacial score (nSPS) is 10.4. The van der Waals surface area contributed by atoms with Crippen LogP contribution >= 0.6 is 11.6 Å². The molecule has 0 atom stereocenters. The molecule has 0 N–H and O–H groups in total. The van der Waals surface area contributed by atoms with Gasteiger partial charge in [-0.2, -0.15) is 5.10 Å². The molecule has 0 aliphatic carbocycles. The van der Waals surface area contributed by atoms with Gasteiger partial charge in [0.1, 0.15) is 5.75 Å². The maximum Gasteiger partial charge on any atom is 0.238 e. The molecule has 3 rings (SSSR count). The van der Waals surface area contributed by atoms with E-state index in [-0.39, 0.29) is 0 Å². The lowest BCUT2D eigenvalue weighted by atomic mass is 10.3. The summed E-state index contributed by atoms with van der Waals surface area (Å²) in [5, 5.41) is 12.7. The lowest BCUT2D eigenvalue weighted by Gasteiger charge is -2.05. The third kappa shape index (κ3) is 2.71. The van der Waals surface area contributed by atoms with Gasteiger partial charge in [0.05, 0.1) is 0 Å². The van der Waals surface area contributed by atoms with Gasteiger partial charge in [0.2, 0.25) is 5.88 Å². The van der Waals surface area contributed by atoms with Gasteiger partial charge in [-0.3, -0.25) is 0 Å². The van der Waals surface area contributed by atoms with Crippen molar-refractivity contribution in [2.45, 2.75) is 0 Å². The Bertz CT molecular complexity index is 667. The summed E-state index contributed by atoms with van der Waals surface area (Å²) in [6.45, 7) is 0. The molecule has 2 aromatic heterocycles. The summed E-state index contributed by atoms with van der Waals surface area (Å²) in [6.07, 6.45) is 3.47. The molecule has 3 aromatic rings. The highest BCUT2D eigenvalue weighted by Gasteiger charge is 2.02. The topological polar surface area (TPSA) is 52.8 Å². The van der Waals surface area contributed by atoms with Crippen LogP contribution in [0.2, 0.25) is 5.02 Å². The van der Waals surface area contributed by atoms with Crippen LogP contribution in [-0.2, 0) is 0 Å². The van der Waals surface area contributed by atoms with E-state index in [0.717, 1.165) is 0 Å². The fourth-order valence-electron chi connectivity index (χ4n) is 1.55. The third-order valence-electron chi connectivity index (χ3n) is 2.38. The zero-order valence-corrected chi connectivity index (χ0v) is 10.5. The number of hydrogen-bond acceptors (Lipinski definition) is 4. The Morgan fingerprint density at radius 2 is 2.00 bits per heavy atom. The summed E-state index contributed by atoms with van der Waals surface area (Å²) in [5.74, 6) is 1.65. The molecule has 0 bridgehead atoms. The van der Waals surface area contributed by atoms with Crippen LogP contribution in [0, 0.1) is 0 Å². The van der Waals surface area contributed by atoms with E-state index >= 15 is 0 Å². The van der Waals surface area contributed by atoms with Gasteiger partial charge < -0.3 is 4.74 Å². The fourth-order valence-corrected chi connectivity index (χ4v) is 1.73. The first-order chi connectivity index (χ1) is 9.31. The minimum atomic E-state index is 0.401. The van der Waals surface area contributed by atoms with E-state index < -0.39 is 0 Å². The maximum atomic E-state index is 5.88. The van der Waals surface area contributed by atoms with Crippen molar-refractivity contribution in [1.29, 1.82) is 0 Å². The van der Waals surface area contributed by atoms with Crippen molar-refractivity contribution >= 4 is 11.6 Å². The van der Waals surface area contributed by atoms with E-state index in [1.54, 1.807) is 47.4 Å². The molecule has 0 aliphatic heterocycles. The predicted molar refractivity (Wildman–Crippen MR) is 70.7 cm³/mol. The van der Waals surface area contributed by atoms with Crippen molar-refractivity contribution < 1.29 is 4.74 Å². The van der Waals surface area contributed by atoms with E-state index in [1.807, 2.05) is 12.1 Å². The molecule has 0 amide bonds. The van der Waals surface area contributed by atoms with Crippen molar-refractivity contribution in [3.8, 4) is 17.4 Å². The summed E-state index contributed by atoms with van der Waals surface area (Å²) in [4.78, 5) is 0. The largest absolute Gasteiger partial charge is 0.437 e. The Balaban J connectivity index is 1.80. The summed E-state index contributed by atoms with van der Waals surface area (Å²) >= 11 is 5.88. The molecule has 0 radical (unpaired) electrons. The number of aromatic nitrogens is 4. The number of rotatable bonds is 3. The van der Waals surface area contributed by atoms with Gasteiger partial charge in [0, 0.05) is 23.5 Å². The molecule has 19 heavy (non-hydrogen) atoms. The number of ether oxygens (including phenoxy) is 1. The SMILES string of the molecule is Clc1cccc(Oc2ccc(-n3cccn3)nn2)c1. The van der Waals surface area contributed by atoms with Gasteiger partial charge >= 0.3 is 0 Å². The third-order valence-corrected chi connectivity index (χ3v) is 2.62. The second-order valence-electron chi connectivity index (χ2n) is 3.74. The minimum absolute atomic E-state index is 0.401. The van der Waals surface area contributed by atoms with Crippen LogP contribution in [0.4, 0.5) is 0 Å². The number of benzene rings is 1. The molecule has 0 unspecified atom stereocenters. The number of halogens is 1. The Morgan fingerprint density at radius 3 is 2.68 bits per heavy atom. The van der Waals surface area contributed by atoms with Gasteiger partial charge in [0.15, 0.2) is 5.82 Å². The summed E-state index contributed by atoms with van der Waals surface area (Å²) in [7, 11) is 0. The highest BCUT2D eigenvalue weighted by atomic mass is 35.5. The molecule has 0 saturated carbocycles. The van der Waals surface area contributed by atoms with Crippen LogP contribution < -0.4 is 4.74 Å². The minimum Gasteiger partial charge on any atom is -0.437 e. The highest BCUT2D eigenvalue weighted by Crippen LogP contribution is 2.22. The quantitative estimate of drug-likeness (QED) is 0.735. The van der Waals surface area contributed by atoms with Crippen LogP contribution in [0.5, 0.6) is 11.6 Å². The molecule has 2 heterocycles. The lowest BCUT2D eigenvalue weighted by Crippen LogP contribution is -2.00. The first kappa shape index (κ1) is 11.7. The Morgan fingerprint density at radius 1 is 1.05 bits per heavy atom. The number of nitrogens with zero attached hydrogens (tertiary/aromatic N) is 4.